The summed E-state index contributed by atoms with van der Waals surface area (Å²) in [4.78, 5) is 12.7. The van der Waals surface area contributed by atoms with Gasteiger partial charge in [0, 0.05) is 23.7 Å². The van der Waals surface area contributed by atoms with Crippen molar-refractivity contribution in [1.29, 1.82) is 0 Å². The van der Waals surface area contributed by atoms with Crippen molar-refractivity contribution in [1.82, 2.24) is 0 Å². The molecule has 2 aliphatic rings. The molecule has 0 saturated heterocycles. The highest BCUT2D eigenvalue weighted by atomic mass is 16.5. The van der Waals surface area contributed by atoms with E-state index < -0.39 is 0 Å². The quantitative estimate of drug-likeness (QED) is 0.868. The Kier molecular flexibility index (Phi) is 5.29. The van der Waals surface area contributed by atoms with Gasteiger partial charge < -0.3 is 20.5 Å². The molecule has 24 heavy (non-hydrogen) atoms. The second-order valence-electron chi connectivity index (χ2n) is 6.98. The SMILES string of the molecule is CCOc1cc(NC(=O)C2CC3CCCC(C2)C3N)ccc1OC. The van der Waals surface area contributed by atoms with Gasteiger partial charge in [0.15, 0.2) is 11.5 Å². The Hall–Kier alpha value is -1.75. The lowest BCUT2D eigenvalue weighted by Crippen LogP contribution is -2.48. The van der Waals surface area contributed by atoms with Crippen LogP contribution in [0.25, 0.3) is 0 Å². The van der Waals surface area contributed by atoms with Crippen LogP contribution in [0.2, 0.25) is 0 Å². The van der Waals surface area contributed by atoms with E-state index >= 15 is 0 Å². The first-order chi connectivity index (χ1) is 11.6. The fraction of sp³-hybridized carbons (Fsp3) is 0.632. The van der Waals surface area contributed by atoms with Gasteiger partial charge in [-0.2, -0.15) is 0 Å². The molecule has 0 radical (unpaired) electrons. The summed E-state index contributed by atoms with van der Waals surface area (Å²) in [6.45, 7) is 2.48. The number of amides is 1. The monoisotopic (exact) mass is 332 g/mol. The maximum Gasteiger partial charge on any atom is 0.227 e. The van der Waals surface area contributed by atoms with Crippen LogP contribution in [0.3, 0.4) is 0 Å². The second kappa shape index (κ2) is 7.43. The summed E-state index contributed by atoms with van der Waals surface area (Å²) in [5.41, 5.74) is 7.08. The third-order valence-electron chi connectivity index (χ3n) is 5.51. The summed E-state index contributed by atoms with van der Waals surface area (Å²) in [6, 6.07) is 5.80. The minimum atomic E-state index is 0.0674. The molecule has 1 amide bonds. The number of rotatable bonds is 5. The Bertz CT molecular complexity index is 576. The average Bonchev–Trinajstić information content (AvgIpc) is 2.55. The maximum atomic E-state index is 12.7. The van der Waals surface area contributed by atoms with Crippen LogP contribution in [-0.2, 0) is 4.79 Å². The van der Waals surface area contributed by atoms with E-state index in [1.54, 1.807) is 7.11 Å². The van der Waals surface area contributed by atoms with Crippen molar-refractivity contribution in [3.8, 4) is 11.5 Å². The molecule has 2 saturated carbocycles. The van der Waals surface area contributed by atoms with Crippen molar-refractivity contribution in [2.75, 3.05) is 19.0 Å². The first-order valence-corrected chi connectivity index (χ1v) is 8.99. The predicted octanol–water partition coefficient (Wildman–Crippen LogP) is 3.19. The van der Waals surface area contributed by atoms with Crippen LogP contribution in [0.5, 0.6) is 11.5 Å². The van der Waals surface area contributed by atoms with Crippen molar-refractivity contribution < 1.29 is 14.3 Å². The van der Waals surface area contributed by atoms with Crippen molar-refractivity contribution in [2.45, 2.75) is 45.1 Å². The molecular weight excluding hydrogens is 304 g/mol. The van der Waals surface area contributed by atoms with Crippen molar-refractivity contribution in [2.24, 2.45) is 23.5 Å². The van der Waals surface area contributed by atoms with Gasteiger partial charge in [-0.1, -0.05) is 6.42 Å². The maximum absolute atomic E-state index is 12.7. The lowest BCUT2D eigenvalue weighted by atomic mass is 9.65. The number of hydrogen-bond acceptors (Lipinski definition) is 4. The third kappa shape index (κ3) is 3.51. The highest BCUT2D eigenvalue weighted by molar-refractivity contribution is 5.93. The number of anilines is 1. The number of hydrogen-bond donors (Lipinski definition) is 2. The fourth-order valence-electron chi connectivity index (χ4n) is 4.27. The normalized spacial score (nSPS) is 29.0. The zero-order chi connectivity index (χ0) is 17.1. The first kappa shape index (κ1) is 17.1. The van der Waals surface area contributed by atoms with Gasteiger partial charge in [-0.3, -0.25) is 4.79 Å². The van der Waals surface area contributed by atoms with Crippen LogP contribution in [0.1, 0.15) is 39.0 Å². The molecule has 0 aromatic heterocycles. The molecule has 0 spiro atoms. The van der Waals surface area contributed by atoms with Crippen LogP contribution in [0.15, 0.2) is 18.2 Å². The molecule has 0 heterocycles. The highest BCUT2D eigenvalue weighted by Crippen LogP contribution is 2.42. The summed E-state index contributed by atoms with van der Waals surface area (Å²) >= 11 is 0. The van der Waals surface area contributed by atoms with E-state index in [1.807, 2.05) is 25.1 Å². The van der Waals surface area contributed by atoms with E-state index in [1.165, 1.54) is 19.3 Å². The Morgan fingerprint density at radius 3 is 2.58 bits per heavy atom. The molecule has 2 fully saturated rings. The van der Waals surface area contributed by atoms with Crippen molar-refractivity contribution >= 4 is 11.6 Å². The number of ether oxygens (including phenoxy) is 2. The molecular formula is C19H28N2O3. The molecule has 2 atom stereocenters. The molecule has 2 aliphatic carbocycles. The third-order valence-corrected chi connectivity index (χ3v) is 5.51. The van der Waals surface area contributed by atoms with Crippen LogP contribution in [-0.4, -0.2) is 25.7 Å². The van der Waals surface area contributed by atoms with E-state index in [9.17, 15) is 4.79 Å². The van der Waals surface area contributed by atoms with Crippen LogP contribution < -0.4 is 20.5 Å². The zero-order valence-electron chi connectivity index (χ0n) is 14.6. The van der Waals surface area contributed by atoms with Gasteiger partial charge in [-0.05, 0) is 56.6 Å². The van der Waals surface area contributed by atoms with Gasteiger partial charge in [0.25, 0.3) is 0 Å². The number of nitrogens with one attached hydrogen (secondary N) is 1. The molecule has 1 aromatic carbocycles. The minimum absolute atomic E-state index is 0.0674. The summed E-state index contributed by atoms with van der Waals surface area (Å²) < 4.78 is 10.9. The highest BCUT2D eigenvalue weighted by Gasteiger charge is 2.40. The van der Waals surface area contributed by atoms with E-state index in [-0.39, 0.29) is 17.9 Å². The molecule has 3 rings (SSSR count). The lowest BCUT2D eigenvalue weighted by molar-refractivity contribution is -0.122. The predicted molar refractivity (Wildman–Crippen MR) is 94.3 cm³/mol. The van der Waals surface area contributed by atoms with E-state index in [0.717, 1.165) is 18.5 Å². The first-order valence-electron chi connectivity index (χ1n) is 8.99. The number of carbonyl (C=O) groups is 1. The van der Waals surface area contributed by atoms with Gasteiger partial charge in [-0.25, -0.2) is 0 Å². The van der Waals surface area contributed by atoms with Crippen molar-refractivity contribution in [3.05, 3.63) is 18.2 Å². The standard InChI is InChI=1S/C19H28N2O3/c1-3-24-17-11-15(7-8-16(17)23-2)21-19(22)14-9-12-5-4-6-13(10-14)18(12)20/h7-8,11-14,18H,3-6,9-10,20H2,1-2H3,(H,21,22). The van der Waals surface area contributed by atoms with Crippen LogP contribution >= 0.6 is 0 Å². The number of methoxy groups -OCH3 is 1. The summed E-state index contributed by atoms with van der Waals surface area (Å²) in [5.74, 6) is 2.50. The number of nitrogens with two attached hydrogens (primary N) is 1. The zero-order valence-corrected chi connectivity index (χ0v) is 14.6. The van der Waals surface area contributed by atoms with Gasteiger partial charge >= 0.3 is 0 Å². The summed E-state index contributed by atoms with van der Waals surface area (Å²) in [6.07, 6.45) is 5.42. The molecule has 2 bridgehead atoms. The second-order valence-corrected chi connectivity index (χ2v) is 6.98. The lowest BCUT2D eigenvalue weighted by Gasteiger charge is -2.43. The van der Waals surface area contributed by atoms with Gasteiger partial charge in [0.05, 0.1) is 13.7 Å². The van der Waals surface area contributed by atoms with Gasteiger partial charge in [0.1, 0.15) is 0 Å². The molecule has 1 aromatic rings. The van der Waals surface area contributed by atoms with Crippen molar-refractivity contribution in [3.63, 3.8) is 0 Å². The van der Waals surface area contributed by atoms with E-state index in [2.05, 4.69) is 5.32 Å². The Morgan fingerprint density at radius 2 is 1.96 bits per heavy atom. The number of fused-ring (bicyclic) bond motifs is 2. The average molecular weight is 332 g/mol. The Morgan fingerprint density at radius 1 is 1.25 bits per heavy atom. The van der Waals surface area contributed by atoms with Gasteiger partial charge in [-0.15, -0.1) is 0 Å². The van der Waals surface area contributed by atoms with E-state index in [4.69, 9.17) is 15.2 Å². The Balaban J connectivity index is 1.67. The van der Waals surface area contributed by atoms with Crippen LogP contribution in [0, 0.1) is 17.8 Å². The van der Waals surface area contributed by atoms with Gasteiger partial charge in [0.2, 0.25) is 5.91 Å². The topological polar surface area (TPSA) is 73.6 Å². The fourth-order valence-corrected chi connectivity index (χ4v) is 4.27. The molecule has 0 aliphatic heterocycles. The molecule has 5 heteroatoms. The smallest absolute Gasteiger partial charge is 0.227 e. The largest absolute Gasteiger partial charge is 0.493 e. The molecule has 5 nitrogen and oxygen atoms in total. The molecule has 3 N–H and O–H groups in total. The molecule has 132 valence electrons. The number of carbonyl (C=O) groups excluding carboxylic acids is 1. The number of benzene rings is 1. The Labute approximate surface area is 143 Å². The molecule has 2 unspecified atom stereocenters. The summed E-state index contributed by atoms with van der Waals surface area (Å²) in [7, 11) is 1.61. The summed E-state index contributed by atoms with van der Waals surface area (Å²) in [5, 5.41) is 3.05. The minimum Gasteiger partial charge on any atom is -0.493 e. The van der Waals surface area contributed by atoms with Crippen LogP contribution in [0.4, 0.5) is 5.69 Å². The van der Waals surface area contributed by atoms with E-state index in [0.29, 0.717) is 29.9 Å².